The first-order valence-corrected chi connectivity index (χ1v) is 8.47. The number of nitrogens with one attached hydrogen (secondary N) is 1. The summed E-state index contributed by atoms with van der Waals surface area (Å²) in [5, 5.41) is 2.54. The number of aromatic nitrogens is 2. The van der Waals surface area contributed by atoms with Crippen molar-refractivity contribution in [1.82, 2.24) is 14.9 Å². The zero-order chi connectivity index (χ0) is 20.6. The Morgan fingerprint density at radius 3 is 2.63 bits per heavy atom. The van der Waals surface area contributed by atoms with E-state index in [2.05, 4.69) is 15.1 Å². The van der Waals surface area contributed by atoms with Crippen LogP contribution in [0.25, 0.3) is 5.53 Å². The second-order valence-electron chi connectivity index (χ2n) is 7.15. The quantitative estimate of drug-likeness (QED) is 0.262. The number of amides is 1. The molecule has 0 unspecified atom stereocenters. The molecule has 1 aromatic heterocycles. The number of carbonyl (C=O) groups excluding carboxylic acids is 3. The van der Waals surface area contributed by atoms with Gasteiger partial charge in [0.1, 0.15) is 11.6 Å². The van der Waals surface area contributed by atoms with E-state index in [1.807, 2.05) is 0 Å². The molecule has 148 valence electrons. The van der Waals surface area contributed by atoms with Gasteiger partial charge in [-0.3, -0.25) is 9.59 Å². The minimum atomic E-state index is -1.05. The lowest BCUT2D eigenvalue weighted by Crippen LogP contribution is -2.50. The SMILES string of the molecule is Cn1cncc1C[C@H](N)C(=O)N[C@@H](CCC(=O)C=[N+]=[N-])C(=O)OC(C)(C)C. The van der Waals surface area contributed by atoms with Gasteiger partial charge in [0.05, 0.1) is 12.4 Å². The third-order valence-corrected chi connectivity index (χ3v) is 3.57. The van der Waals surface area contributed by atoms with E-state index in [1.54, 1.807) is 44.9 Å². The number of aryl methyl sites for hydroxylation is 1. The van der Waals surface area contributed by atoms with Crippen LogP contribution in [0, 0.1) is 0 Å². The molecule has 10 nitrogen and oxygen atoms in total. The molecule has 0 aliphatic carbocycles. The molecule has 0 aromatic carbocycles. The summed E-state index contributed by atoms with van der Waals surface area (Å²) in [6, 6.07) is -1.95. The highest BCUT2D eigenvalue weighted by Crippen LogP contribution is 2.11. The molecule has 0 spiro atoms. The first-order valence-electron chi connectivity index (χ1n) is 8.47. The third kappa shape index (κ3) is 7.93. The van der Waals surface area contributed by atoms with Crippen molar-refractivity contribution in [3.8, 4) is 0 Å². The van der Waals surface area contributed by atoms with Crippen molar-refractivity contribution in [2.75, 3.05) is 0 Å². The second-order valence-corrected chi connectivity index (χ2v) is 7.15. The number of carbonyl (C=O) groups is 3. The molecule has 10 heteroatoms. The second kappa shape index (κ2) is 9.75. The number of nitrogens with zero attached hydrogens (tertiary/aromatic N) is 4. The molecule has 0 saturated carbocycles. The molecule has 1 amide bonds. The highest BCUT2D eigenvalue weighted by Gasteiger charge is 2.29. The van der Waals surface area contributed by atoms with Crippen LogP contribution in [0.15, 0.2) is 12.5 Å². The summed E-state index contributed by atoms with van der Waals surface area (Å²) in [5.41, 5.74) is 14.3. The van der Waals surface area contributed by atoms with Gasteiger partial charge in [-0.1, -0.05) is 0 Å². The van der Waals surface area contributed by atoms with Crippen molar-refractivity contribution >= 4 is 23.9 Å². The average Bonchev–Trinajstić information content (AvgIpc) is 2.94. The topological polar surface area (TPSA) is 153 Å². The largest absolute Gasteiger partial charge is 0.458 e. The maximum absolute atomic E-state index is 12.4. The van der Waals surface area contributed by atoms with Crippen LogP contribution in [0.1, 0.15) is 39.3 Å². The fourth-order valence-electron chi connectivity index (χ4n) is 2.22. The van der Waals surface area contributed by atoms with Crippen molar-refractivity contribution in [3.63, 3.8) is 0 Å². The van der Waals surface area contributed by atoms with E-state index in [-0.39, 0.29) is 19.3 Å². The third-order valence-electron chi connectivity index (χ3n) is 3.57. The van der Waals surface area contributed by atoms with Gasteiger partial charge >= 0.3 is 12.2 Å². The highest BCUT2D eigenvalue weighted by molar-refractivity contribution is 6.25. The first-order chi connectivity index (χ1) is 12.5. The molecule has 1 rings (SSSR count). The van der Waals surface area contributed by atoms with Crippen LogP contribution in [0.5, 0.6) is 0 Å². The number of imidazole rings is 1. The van der Waals surface area contributed by atoms with Crippen LogP contribution in [-0.2, 0) is 32.6 Å². The van der Waals surface area contributed by atoms with E-state index in [0.29, 0.717) is 0 Å². The Morgan fingerprint density at radius 1 is 1.44 bits per heavy atom. The van der Waals surface area contributed by atoms with Gasteiger partial charge in [0.2, 0.25) is 11.7 Å². The molecule has 1 aromatic rings. The molecule has 1 heterocycles. The molecule has 0 bridgehead atoms. The number of ketones is 1. The summed E-state index contributed by atoms with van der Waals surface area (Å²) in [7, 11) is 1.78. The van der Waals surface area contributed by atoms with Gasteiger partial charge in [0.15, 0.2) is 0 Å². The van der Waals surface area contributed by atoms with Gasteiger partial charge in [-0.2, -0.15) is 4.79 Å². The number of ether oxygens (including phenoxy) is 1. The monoisotopic (exact) mass is 378 g/mol. The minimum absolute atomic E-state index is 0.00998. The maximum Gasteiger partial charge on any atom is 0.329 e. The summed E-state index contributed by atoms with van der Waals surface area (Å²) >= 11 is 0. The Bertz CT molecular complexity index is 730. The van der Waals surface area contributed by atoms with Gasteiger partial charge in [0, 0.05) is 31.8 Å². The van der Waals surface area contributed by atoms with Crippen molar-refractivity contribution < 1.29 is 23.9 Å². The van der Waals surface area contributed by atoms with Crippen molar-refractivity contribution in [2.24, 2.45) is 12.8 Å². The molecule has 0 aliphatic heterocycles. The van der Waals surface area contributed by atoms with Gasteiger partial charge in [-0.25, -0.2) is 9.78 Å². The Hall–Kier alpha value is -2.84. The molecule has 3 N–H and O–H groups in total. The fraction of sp³-hybridized carbons (Fsp3) is 0.588. The van der Waals surface area contributed by atoms with Gasteiger partial charge in [-0.15, -0.1) is 0 Å². The molecule has 0 aliphatic rings. The van der Waals surface area contributed by atoms with E-state index in [4.69, 9.17) is 16.0 Å². The van der Waals surface area contributed by atoms with Crippen LogP contribution in [-0.4, -0.2) is 55.9 Å². The zero-order valence-corrected chi connectivity index (χ0v) is 16.0. The Kier molecular flexibility index (Phi) is 8.01. The minimum Gasteiger partial charge on any atom is -0.458 e. The number of Topliss-reactive ketones (excluding diaryl/α,β-unsaturated/α-hetero) is 1. The summed E-state index contributed by atoms with van der Waals surface area (Å²) < 4.78 is 7.04. The normalized spacial score (nSPS) is 13.2. The van der Waals surface area contributed by atoms with Crippen LogP contribution in [0.3, 0.4) is 0 Å². The van der Waals surface area contributed by atoms with Gasteiger partial charge in [-0.05, 0) is 27.2 Å². The lowest BCUT2D eigenvalue weighted by molar-refractivity contribution is -0.159. The average molecular weight is 378 g/mol. The van der Waals surface area contributed by atoms with E-state index < -0.39 is 35.3 Å². The van der Waals surface area contributed by atoms with Gasteiger partial charge < -0.3 is 25.9 Å². The smallest absolute Gasteiger partial charge is 0.329 e. The van der Waals surface area contributed by atoms with Crippen molar-refractivity contribution in [1.29, 1.82) is 0 Å². The molecule has 27 heavy (non-hydrogen) atoms. The number of hydrogen-bond acceptors (Lipinski definition) is 6. The summed E-state index contributed by atoms with van der Waals surface area (Å²) in [5.74, 6) is -1.70. The molecule has 0 radical (unpaired) electrons. The highest BCUT2D eigenvalue weighted by atomic mass is 16.6. The summed E-state index contributed by atoms with van der Waals surface area (Å²) in [6.07, 6.45) is 4.06. The fourth-order valence-corrected chi connectivity index (χ4v) is 2.22. The zero-order valence-electron chi connectivity index (χ0n) is 16.0. The van der Waals surface area contributed by atoms with Crippen LogP contribution < -0.4 is 11.1 Å². The van der Waals surface area contributed by atoms with Crippen molar-refractivity contribution in [3.05, 3.63) is 23.7 Å². The van der Waals surface area contributed by atoms with E-state index in [1.165, 1.54) is 0 Å². The number of rotatable bonds is 9. The van der Waals surface area contributed by atoms with E-state index in [9.17, 15) is 14.4 Å². The molecular weight excluding hydrogens is 352 g/mol. The number of hydrogen-bond donors (Lipinski definition) is 2. The standard InChI is InChI=1S/C17H26N6O4/c1-17(2,3)27-16(26)14(6-5-12(24)9-21-19)22-15(25)13(18)7-11-8-20-10-23(11)4/h8-10,13-14H,5-7,18H2,1-4H3,(H,22,25)/t13-,14-/m0/s1. The predicted octanol–water partition coefficient (Wildman–Crippen LogP) is -0.234. The lowest BCUT2D eigenvalue weighted by Gasteiger charge is -2.25. The Balaban J connectivity index is 2.79. The number of nitrogens with two attached hydrogens (primary N) is 1. The molecule has 0 saturated heterocycles. The maximum atomic E-state index is 12.4. The van der Waals surface area contributed by atoms with Crippen molar-refractivity contribution in [2.45, 2.75) is 57.7 Å². The molecule has 2 atom stereocenters. The predicted molar refractivity (Wildman–Crippen MR) is 96.6 cm³/mol. The molecular formula is C17H26N6O4. The van der Waals surface area contributed by atoms with Crippen LogP contribution in [0.2, 0.25) is 0 Å². The summed E-state index contributed by atoms with van der Waals surface area (Å²) in [4.78, 5) is 42.9. The van der Waals surface area contributed by atoms with Gasteiger partial charge in [0.25, 0.3) is 0 Å². The Morgan fingerprint density at radius 2 is 2.11 bits per heavy atom. The van der Waals surface area contributed by atoms with E-state index in [0.717, 1.165) is 11.9 Å². The molecule has 0 fully saturated rings. The lowest BCUT2D eigenvalue weighted by atomic mass is 10.1. The van der Waals surface area contributed by atoms with E-state index >= 15 is 0 Å². The van der Waals surface area contributed by atoms with Crippen LogP contribution >= 0.6 is 0 Å². The first kappa shape index (κ1) is 22.2. The summed E-state index contributed by atoms with van der Waals surface area (Å²) in [6.45, 7) is 5.09. The number of esters is 1. The van der Waals surface area contributed by atoms with Crippen LogP contribution in [0.4, 0.5) is 0 Å². The Labute approximate surface area is 157 Å².